The summed E-state index contributed by atoms with van der Waals surface area (Å²) < 4.78 is 64.4. The predicted molar refractivity (Wildman–Crippen MR) is 68.3 cm³/mol. The smallest absolute Gasteiger partial charge is 0.267 e. The van der Waals surface area contributed by atoms with Crippen LogP contribution in [0.15, 0.2) is 30.3 Å². The summed E-state index contributed by atoms with van der Waals surface area (Å²) in [6.45, 7) is 0.169. The van der Waals surface area contributed by atoms with Crippen molar-refractivity contribution in [3.8, 4) is 0 Å². The quantitative estimate of drug-likeness (QED) is 0.555. The zero-order valence-corrected chi connectivity index (χ0v) is 11.4. The van der Waals surface area contributed by atoms with Gasteiger partial charge in [0, 0.05) is 0 Å². The third-order valence-corrected chi connectivity index (χ3v) is 3.08. The van der Waals surface area contributed by atoms with Crippen LogP contribution in [0, 0.1) is 0 Å². The van der Waals surface area contributed by atoms with Crippen LogP contribution in [-0.4, -0.2) is 44.5 Å². The summed E-state index contributed by atoms with van der Waals surface area (Å²) in [4.78, 5) is 0. The first-order chi connectivity index (χ1) is 9.38. The summed E-state index contributed by atoms with van der Waals surface area (Å²) in [5, 5.41) is 0. The summed E-state index contributed by atoms with van der Waals surface area (Å²) in [7, 11) is -4.50. The lowest BCUT2D eigenvalue weighted by atomic mass is 10.2. The van der Waals surface area contributed by atoms with Crippen molar-refractivity contribution in [2.45, 2.75) is 19.1 Å². The van der Waals surface area contributed by atoms with Crippen LogP contribution in [0.5, 0.6) is 0 Å². The molecule has 114 valence electrons. The van der Waals surface area contributed by atoms with Gasteiger partial charge in [0.15, 0.2) is 0 Å². The molecule has 0 aromatic heterocycles. The van der Waals surface area contributed by atoms with Gasteiger partial charge in [0.1, 0.15) is 11.9 Å². The second kappa shape index (κ2) is 8.25. The van der Waals surface area contributed by atoms with E-state index in [4.69, 9.17) is 14.0 Å². The van der Waals surface area contributed by atoms with E-state index in [0.29, 0.717) is 6.61 Å². The first-order valence-electron chi connectivity index (χ1n) is 5.85. The molecule has 0 aliphatic rings. The van der Waals surface area contributed by atoms with Crippen molar-refractivity contribution in [1.29, 1.82) is 0 Å². The van der Waals surface area contributed by atoms with Gasteiger partial charge in [0.2, 0.25) is 0 Å². The largest absolute Gasteiger partial charge is 0.374 e. The molecule has 0 amide bonds. The molecule has 1 aromatic rings. The first-order valence-corrected chi connectivity index (χ1v) is 7.46. The molecule has 0 heterocycles. The number of alkyl halides is 2. The highest BCUT2D eigenvalue weighted by Crippen LogP contribution is 2.08. The van der Waals surface area contributed by atoms with Crippen molar-refractivity contribution in [2.24, 2.45) is 0 Å². The SMILES string of the molecule is O=S(=O)(O)CC(OCCOCc1ccccc1)C(F)F. The van der Waals surface area contributed by atoms with E-state index in [1.807, 2.05) is 30.3 Å². The Kier molecular flexibility index (Phi) is 7.00. The molecule has 0 fully saturated rings. The van der Waals surface area contributed by atoms with Crippen LogP contribution in [0.3, 0.4) is 0 Å². The van der Waals surface area contributed by atoms with Gasteiger partial charge in [-0.2, -0.15) is 8.42 Å². The second-order valence-electron chi connectivity index (χ2n) is 4.03. The highest BCUT2D eigenvalue weighted by Gasteiger charge is 2.26. The minimum absolute atomic E-state index is 0.0452. The van der Waals surface area contributed by atoms with Crippen LogP contribution < -0.4 is 0 Å². The van der Waals surface area contributed by atoms with Crippen molar-refractivity contribution in [3.05, 3.63) is 35.9 Å². The normalized spacial score (nSPS) is 13.6. The van der Waals surface area contributed by atoms with E-state index >= 15 is 0 Å². The van der Waals surface area contributed by atoms with E-state index in [0.717, 1.165) is 5.56 Å². The summed E-state index contributed by atoms with van der Waals surface area (Å²) in [5.41, 5.74) is 0.927. The van der Waals surface area contributed by atoms with Crippen LogP contribution in [-0.2, 0) is 26.2 Å². The monoisotopic (exact) mass is 310 g/mol. The van der Waals surface area contributed by atoms with Crippen LogP contribution >= 0.6 is 0 Å². The molecular formula is C12H16F2O5S. The standard InChI is InChI=1S/C12H16F2O5S/c13-12(14)11(9-20(15,16)17)19-7-6-18-8-10-4-2-1-3-5-10/h1-5,11-12H,6-9H2,(H,15,16,17). The van der Waals surface area contributed by atoms with Gasteiger partial charge in [0.05, 0.1) is 19.8 Å². The summed E-state index contributed by atoms with van der Waals surface area (Å²) in [5.74, 6) is -1.14. The Morgan fingerprint density at radius 1 is 1.15 bits per heavy atom. The number of hydrogen-bond acceptors (Lipinski definition) is 4. The third kappa shape index (κ3) is 7.49. The van der Waals surface area contributed by atoms with Crippen LogP contribution in [0.1, 0.15) is 5.56 Å². The van der Waals surface area contributed by atoms with Crippen molar-refractivity contribution in [2.75, 3.05) is 19.0 Å². The Labute approximate surface area is 116 Å². The maximum atomic E-state index is 12.5. The van der Waals surface area contributed by atoms with Crippen LogP contribution in [0.4, 0.5) is 8.78 Å². The lowest BCUT2D eigenvalue weighted by Gasteiger charge is -2.15. The van der Waals surface area contributed by atoms with Crippen molar-refractivity contribution in [3.63, 3.8) is 0 Å². The van der Waals surface area contributed by atoms with Gasteiger partial charge < -0.3 is 9.47 Å². The molecule has 0 bridgehead atoms. The molecule has 0 saturated carbocycles. The molecule has 5 nitrogen and oxygen atoms in total. The van der Waals surface area contributed by atoms with Gasteiger partial charge in [-0.15, -0.1) is 0 Å². The van der Waals surface area contributed by atoms with Gasteiger partial charge >= 0.3 is 0 Å². The molecule has 8 heteroatoms. The Morgan fingerprint density at radius 3 is 2.35 bits per heavy atom. The predicted octanol–water partition coefficient (Wildman–Crippen LogP) is 1.74. The topological polar surface area (TPSA) is 72.8 Å². The Bertz CT molecular complexity index is 478. The van der Waals surface area contributed by atoms with Gasteiger partial charge in [-0.25, -0.2) is 8.78 Å². The minimum Gasteiger partial charge on any atom is -0.374 e. The second-order valence-corrected chi connectivity index (χ2v) is 5.53. The van der Waals surface area contributed by atoms with E-state index in [-0.39, 0.29) is 13.2 Å². The van der Waals surface area contributed by atoms with Gasteiger partial charge in [-0.1, -0.05) is 30.3 Å². The Morgan fingerprint density at radius 2 is 1.80 bits per heavy atom. The highest BCUT2D eigenvalue weighted by atomic mass is 32.2. The van der Waals surface area contributed by atoms with E-state index < -0.39 is 28.4 Å². The molecule has 1 aromatic carbocycles. The number of halogens is 2. The zero-order chi connectivity index (χ0) is 15.0. The lowest BCUT2D eigenvalue weighted by molar-refractivity contribution is -0.0620. The number of ether oxygens (including phenoxy) is 2. The van der Waals surface area contributed by atoms with Crippen LogP contribution in [0.25, 0.3) is 0 Å². The molecule has 0 aliphatic heterocycles. The summed E-state index contributed by atoms with van der Waals surface area (Å²) in [6, 6.07) is 9.24. The van der Waals surface area contributed by atoms with Crippen LogP contribution in [0.2, 0.25) is 0 Å². The van der Waals surface area contributed by atoms with Crippen molar-refractivity contribution < 1.29 is 31.2 Å². The highest BCUT2D eigenvalue weighted by molar-refractivity contribution is 7.85. The number of hydrogen-bond donors (Lipinski definition) is 1. The molecule has 0 spiro atoms. The fraction of sp³-hybridized carbons (Fsp3) is 0.500. The van der Waals surface area contributed by atoms with Gasteiger partial charge in [0.25, 0.3) is 16.5 Å². The molecule has 0 radical (unpaired) electrons. The van der Waals surface area contributed by atoms with Crippen molar-refractivity contribution >= 4 is 10.1 Å². The molecule has 0 aliphatic carbocycles. The third-order valence-electron chi connectivity index (χ3n) is 2.33. The molecule has 1 N–H and O–H groups in total. The Balaban J connectivity index is 2.24. The lowest BCUT2D eigenvalue weighted by Crippen LogP contribution is -2.31. The molecule has 1 unspecified atom stereocenters. The first kappa shape index (κ1) is 17.0. The minimum atomic E-state index is -4.50. The van der Waals surface area contributed by atoms with E-state index in [1.54, 1.807) is 0 Å². The van der Waals surface area contributed by atoms with Crippen molar-refractivity contribution in [1.82, 2.24) is 0 Å². The summed E-state index contributed by atoms with van der Waals surface area (Å²) >= 11 is 0. The van der Waals surface area contributed by atoms with E-state index in [9.17, 15) is 17.2 Å². The molecule has 1 rings (SSSR count). The number of benzene rings is 1. The van der Waals surface area contributed by atoms with E-state index in [2.05, 4.69) is 0 Å². The molecule has 0 saturated heterocycles. The van der Waals surface area contributed by atoms with Gasteiger partial charge in [-0.05, 0) is 5.56 Å². The zero-order valence-electron chi connectivity index (χ0n) is 10.6. The molecular weight excluding hydrogens is 294 g/mol. The number of rotatable bonds is 9. The fourth-order valence-corrected chi connectivity index (χ4v) is 2.08. The maximum absolute atomic E-state index is 12.5. The average molecular weight is 310 g/mol. The van der Waals surface area contributed by atoms with Gasteiger partial charge in [-0.3, -0.25) is 4.55 Å². The maximum Gasteiger partial charge on any atom is 0.267 e. The fourth-order valence-electron chi connectivity index (χ4n) is 1.42. The van der Waals surface area contributed by atoms with E-state index in [1.165, 1.54) is 0 Å². The summed E-state index contributed by atoms with van der Waals surface area (Å²) in [6.07, 6.45) is -4.85. The molecule has 20 heavy (non-hydrogen) atoms. The average Bonchev–Trinajstić information content (AvgIpc) is 2.36. The molecule has 1 atom stereocenters. The Hall–Kier alpha value is -1.09.